The molecule has 0 amide bonds. The highest BCUT2D eigenvalue weighted by Crippen LogP contribution is 2.34. The van der Waals surface area contributed by atoms with Crippen molar-refractivity contribution < 1.29 is 4.42 Å². The van der Waals surface area contributed by atoms with Crippen LogP contribution in [0.1, 0.15) is 13.8 Å². The fourth-order valence-corrected chi connectivity index (χ4v) is 4.36. The van der Waals surface area contributed by atoms with Crippen molar-refractivity contribution in [3.8, 4) is 11.5 Å². The van der Waals surface area contributed by atoms with Gasteiger partial charge in [-0.05, 0) is 61.3 Å². The highest BCUT2D eigenvalue weighted by Gasteiger charge is 2.14. The summed E-state index contributed by atoms with van der Waals surface area (Å²) in [7, 11) is 0. The fourth-order valence-electron chi connectivity index (χ4n) is 2.69. The highest BCUT2D eigenvalue weighted by atomic mass is 32.2. The molecule has 6 nitrogen and oxygen atoms in total. The van der Waals surface area contributed by atoms with E-state index in [4.69, 9.17) is 4.42 Å². The molecule has 1 aromatic carbocycles. The van der Waals surface area contributed by atoms with E-state index in [2.05, 4.69) is 51.0 Å². The Morgan fingerprint density at radius 3 is 2.62 bits per heavy atom. The van der Waals surface area contributed by atoms with E-state index < -0.39 is 0 Å². The van der Waals surface area contributed by atoms with Crippen LogP contribution in [0.15, 0.2) is 56.7 Å². The molecule has 0 aliphatic rings. The zero-order chi connectivity index (χ0) is 17.9. The zero-order valence-corrected chi connectivity index (χ0v) is 16.0. The van der Waals surface area contributed by atoms with Gasteiger partial charge in [-0.25, -0.2) is 9.97 Å². The predicted octanol–water partition coefficient (Wildman–Crippen LogP) is 4.74. The van der Waals surface area contributed by atoms with Gasteiger partial charge in [0.15, 0.2) is 0 Å². The third kappa shape index (κ3) is 3.30. The van der Waals surface area contributed by atoms with Crippen LogP contribution in [0.3, 0.4) is 0 Å². The molecule has 0 aliphatic carbocycles. The van der Waals surface area contributed by atoms with Crippen molar-refractivity contribution >= 4 is 39.0 Å². The summed E-state index contributed by atoms with van der Waals surface area (Å²) < 4.78 is 6.85. The summed E-state index contributed by atoms with van der Waals surface area (Å²) in [6.45, 7) is 6.26. The van der Waals surface area contributed by atoms with Crippen LogP contribution in [-0.2, 0) is 0 Å². The molecule has 0 radical (unpaired) electrons. The van der Waals surface area contributed by atoms with Crippen LogP contribution in [0.5, 0.6) is 0 Å². The van der Waals surface area contributed by atoms with Crippen molar-refractivity contribution in [3.63, 3.8) is 0 Å². The summed E-state index contributed by atoms with van der Waals surface area (Å²) in [5, 5.41) is 11.6. The van der Waals surface area contributed by atoms with Crippen molar-refractivity contribution in [2.75, 3.05) is 18.0 Å². The number of nitrogens with zero attached hydrogens (tertiary/aromatic N) is 5. The van der Waals surface area contributed by atoms with Crippen LogP contribution < -0.4 is 4.90 Å². The number of hydrogen-bond acceptors (Lipinski definition) is 8. The van der Waals surface area contributed by atoms with Crippen molar-refractivity contribution in [3.05, 3.63) is 42.0 Å². The molecule has 0 saturated heterocycles. The Kier molecular flexibility index (Phi) is 4.85. The Labute approximate surface area is 159 Å². The van der Waals surface area contributed by atoms with Gasteiger partial charge in [-0.2, -0.15) is 0 Å². The van der Waals surface area contributed by atoms with Gasteiger partial charge in [-0.15, -0.1) is 21.5 Å². The lowest BCUT2D eigenvalue weighted by Crippen LogP contribution is -2.21. The molecular weight excluding hydrogens is 366 g/mol. The van der Waals surface area contributed by atoms with E-state index in [-0.39, 0.29) is 0 Å². The molecule has 0 aliphatic heterocycles. The molecule has 132 valence electrons. The van der Waals surface area contributed by atoms with E-state index in [0.717, 1.165) is 33.9 Å². The molecule has 3 aromatic heterocycles. The standard InChI is InChI=1S/C18H17N5OS2/c1-3-23(4-2)13-7-5-12(6-8-13)16-21-22-18(24-16)26-17-15-14(9-10-25-15)19-11-20-17/h5-11H,3-4H2,1-2H3. The molecule has 0 saturated carbocycles. The summed E-state index contributed by atoms with van der Waals surface area (Å²) in [4.78, 5) is 10.9. The SMILES string of the molecule is CCN(CC)c1ccc(-c2nnc(Sc3ncnc4ccsc34)o2)cc1. The molecule has 26 heavy (non-hydrogen) atoms. The van der Waals surface area contributed by atoms with Crippen LogP contribution in [0.4, 0.5) is 5.69 Å². The number of rotatable bonds is 6. The molecule has 0 spiro atoms. The number of fused-ring (bicyclic) bond motifs is 1. The molecule has 0 bridgehead atoms. The topological polar surface area (TPSA) is 67.9 Å². The summed E-state index contributed by atoms with van der Waals surface area (Å²) in [5.41, 5.74) is 3.03. The van der Waals surface area contributed by atoms with Gasteiger partial charge >= 0.3 is 0 Å². The Morgan fingerprint density at radius 2 is 1.85 bits per heavy atom. The van der Waals surface area contributed by atoms with Crippen LogP contribution in [0.25, 0.3) is 21.7 Å². The Morgan fingerprint density at radius 1 is 1.04 bits per heavy atom. The largest absolute Gasteiger partial charge is 0.411 e. The fraction of sp³-hybridized carbons (Fsp3) is 0.222. The van der Waals surface area contributed by atoms with E-state index in [0.29, 0.717) is 11.1 Å². The maximum absolute atomic E-state index is 5.82. The van der Waals surface area contributed by atoms with Crippen LogP contribution in [0, 0.1) is 0 Å². The molecule has 4 rings (SSSR count). The number of aromatic nitrogens is 4. The minimum Gasteiger partial charge on any atom is -0.411 e. The van der Waals surface area contributed by atoms with Gasteiger partial charge in [0.05, 0.1) is 10.2 Å². The van der Waals surface area contributed by atoms with Gasteiger partial charge in [-0.3, -0.25) is 0 Å². The first-order chi connectivity index (χ1) is 12.8. The normalized spacial score (nSPS) is 11.2. The second-order valence-electron chi connectivity index (χ2n) is 5.51. The second-order valence-corrected chi connectivity index (χ2v) is 7.36. The van der Waals surface area contributed by atoms with Crippen LogP contribution in [-0.4, -0.2) is 33.3 Å². The maximum atomic E-state index is 5.82. The molecule has 3 heterocycles. The third-order valence-electron chi connectivity index (χ3n) is 4.04. The molecule has 4 aromatic rings. The van der Waals surface area contributed by atoms with Crippen molar-refractivity contribution in [1.29, 1.82) is 0 Å². The first-order valence-electron chi connectivity index (χ1n) is 8.33. The Balaban J connectivity index is 1.55. The quantitative estimate of drug-likeness (QED) is 0.445. The molecule has 0 fully saturated rings. The van der Waals surface area contributed by atoms with E-state index in [1.807, 2.05) is 23.6 Å². The van der Waals surface area contributed by atoms with Crippen molar-refractivity contribution in [2.24, 2.45) is 0 Å². The maximum Gasteiger partial charge on any atom is 0.283 e. The van der Waals surface area contributed by atoms with Gasteiger partial charge in [0, 0.05) is 24.3 Å². The average Bonchev–Trinajstić information content (AvgIpc) is 3.33. The van der Waals surface area contributed by atoms with E-state index >= 15 is 0 Å². The van der Waals surface area contributed by atoms with Gasteiger partial charge in [0.1, 0.15) is 11.4 Å². The van der Waals surface area contributed by atoms with Crippen LogP contribution >= 0.6 is 23.1 Å². The van der Waals surface area contributed by atoms with Gasteiger partial charge in [0.2, 0.25) is 5.89 Å². The predicted molar refractivity (Wildman–Crippen MR) is 105 cm³/mol. The van der Waals surface area contributed by atoms with Crippen molar-refractivity contribution in [2.45, 2.75) is 24.1 Å². The van der Waals surface area contributed by atoms with E-state index in [1.165, 1.54) is 17.4 Å². The Hall–Kier alpha value is -2.45. The van der Waals surface area contributed by atoms with Crippen molar-refractivity contribution in [1.82, 2.24) is 20.2 Å². The Bertz CT molecular complexity index is 1010. The first-order valence-corrected chi connectivity index (χ1v) is 10.0. The first kappa shape index (κ1) is 17.0. The second kappa shape index (κ2) is 7.43. The third-order valence-corrected chi connectivity index (χ3v) is 5.93. The lowest BCUT2D eigenvalue weighted by Gasteiger charge is -2.20. The highest BCUT2D eigenvalue weighted by molar-refractivity contribution is 7.99. The number of anilines is 1. The van der Waals surface area contributed by atoms with Crippen LogP contribution in [0.2, 0.25) is 0 Å². The number of thiophene rings is 1. The minimum absolute atomic E-state index is 0.473. The summed E-state index contributed by atoms with van der Waals surface area (Å²) in [5.74, 6) is 0.509. The lowest BCUT2D eigenvalue weighted by atomic mass is 10.2. The number of benzene rings is 1. The van der Waals surface area contributed by atoms with Gasteiger partial charge in [0.25, 0.3) is 5.22 Å². The van der Waals surface area contributed by atoms with Gasteiger partial charge < -0.3 is 9.32 Å². The smallest absolute Gasteiger partial charge is 0.283 e. The number of hydrogen-bond donors (Lipinski definition) is 0. The molecule has 0 unspecified atom stereocenters. The van der Waals surface area contributed by atoms with Gasteiger partial charge in [-0.1, -0.05) is 0 Å². The minimum atomic E-state index is 0.473. The zero-order valence-electron chi connectivity index (χ0n) is 14.4. The monoisotopic (exact) mass is 383 g/mol. The van der Waals surface area contributed by atoms with E-state index in [1.54, 1.807) is 17.7 Å². The summed E-state index contributed by atoms with van der Waals surface area (Å²) >= 11 is 2.97. The summed E-state index contributed by atoms with van der Waals surface area (Å²) in [6, 6.07) is 10.2. The summed E-state index contributed by atoms with van der Waals surface area (Å²) in [6.07, 6.45) is 1.56. The van der Waals surface area contributed by atoms with E-state index in [9.17, 15) is 0 Å². The molecule has 0 N–H and O–H groups in total. The molecule has 8 heteroatoms. The lowest BCUT2D eigenvalue weighted by molar-refractivity contribution is 0.465. The molecular formula is C18H17N5OS2. The average molecular weight is 384 g/mol. The molecule has 0 atom stereocenters.